The van der Waals surface area contributed by atoms with Gasteiger partial charge in [-0.15, -0.1) is 0 Å². The van der Waals surface area contributed by atoms with Gasteiger partial charge in [-0.05, 0) is 39.0 Å². The molecule has 0 spiro atoms. The quantitative estimate of drug-likeness (QED) is 0.636. The molecule has 3 heteroatoms. The van der Waals surface area contributed by atoms with Crippen molar-refractivity contribution in [2.75, 3.05) is 0 Å². The van der Waals surface area contributed by atoms with Crippen LogP contribution in [-0.2, 0) is 9.47 Å². The lowest BCUT2D eigenvalue weighted by molar-refractivity contribution is 0.00401. The van der Waals surface area contributed by atoms with E-state index in [0.717, 1.165) is 19.3 Å². The number of ether oxygens (including phenoxy) is 2. The Hall–Kier alpha value is -0.730. The van der Waals surface area contributed by atoms with Gasteiger partial charge in [0.25, 0.3) is 0 Å². The summed E-state index contributed by atoms with van der Waals surface area (Å²) in [6.07, 6.45) is 4.74. The fourth-order valence-corrected chi connectivity index (χ4v) is 1.42. The molecule has 0 unspecified atom stereocenters. The highest BCUT2D eigenvalue weighted by Crippen LogP contribution is 2.21. The van der Waals surface area contributed by atoms with Gasteiger partial charge in [0.05, 0.1) is 0 Å². The smallest absolute Gasteiger partial charge is 0.431 e. The minimum Gasteiger partial charge on any atom is -0.431 e. The molecule has 0 saturated heterocycles. The molecule has 0 radical (unpaired) electrons. The monoisotopic (exact) mass is 186 g/mol. The standard InChI is InChI=1S/C10H18O3/c1-3-8(2)12-10(11)13-9-6-4-5-7-9/h8-9H,3-7H2,1-2H3/t8-/m0/s1. The van der Waals surface area contributed by atoms with E-state index in [1.165, 1.54) is 12.8 Å². The molecule has 1 atom stereocenters. The van der Waals surface area contributed by atoms with Crippen LogP contribution >= 0.6 is 0 Å². The van der Waals surface area contributed by atoms with Crippen molar-refractivity contribution >= 4 is 6.16 Å². The van der Waals surface area contributed by atoms with Gasteiger partial charge in [-0.3, -0.25) is 0 Å². The summed E-state index contributed by atoms with van der Waals surface area (Å²) in [7, 11) is 0. The second-order valence-electron chi connectivity index (χ2n) is 3.61. The third-order valence-electron chi connectivity index (χ3n) is 2.44. The first-order valence-electron chi connectivity index (χ1n) is 5.09. The number of hydrogen-bond donors (Lipinski definition) is 0. The molecule has 0 aromatic rings. The fraction of sp³-hybridized carbons (Fsp3) is 0.900. The molecule has 1 aliphatic carbocycles. The van der Waals surface area contributed by atoms with Gasteiger partial charge in [-0.1, -0.05) is 6.92 Å². The highest BCUT2D eigenvalue weighted by molar-refractivity contribution is 5.60. The molecule has 13 heavy (non-hydrogen) atoms. The van der Waals surface area contributed by atoms with Crippen LogP contribution in [0, 0.1) is 0 Å². The molecule has 0 bridgehead atoms. The first-order chi connectivity index (χ1) is 6.22. The minimum absolute atomic E-state index is 0.0334. The lowest BCUT2D eigenvalue weighted by Crippen LogP contribution is -2.20. The summed E-state index contributed by atoms with van der Waals surface area (Å²) in [5.41, 5.74) is 0. The average molecular weight is 186 g/mol. The molecular formula is C10H18O3. The van der Waals surface area contributed by atoms with E-state index in [0.29, 0.717) is 0 Å². The minimum atomic E-state index is -0.499. The zero-order valence-electron chi connectivity index (χ0n) is 8.41. The van der Waals surface area contributed by atoms with Crippen molar-refractivity contribution in [1.29, 1.82) is 0 Å². The molecule has 1 rings (SSSR count). The highest BCUT2D eigenvalue weighted by Gasteiger charge is 2.20. The van der Waals surface area contributed by atoms with E-state index in [9.17, 15) is 4.79 Å². The fourth-order valence-electron chi connectivity index (χ4n) is 1.42. The summed E-state index contributed by atoms with van der Waals surface area (Å²) in [5, 5.41) is 0. The van der Waals surface area contributed by atoms with Gasteiger partial charge in [-0.25, -0.2) is 4.79 Å². The Morgan fingerprint density at radius 3 is 2.62 bits per heavy atom. The van der Waals surface area contributed by atoms with E-state index in [1.54, 1.807) is 0 Å². The van der Waals surface area contributed by atoms with E-state index in [4.69, 9.17) is 9.47 Å². The molecule has 0 heterocycles. The summed E-state index contributed by atoms with van der Waals surface area (Å²) in [4.78, 5) is 11.1. The summed E-state index contributed by atoms with van der Waals surface area (Å²) in [6.45, 7) is 3.85. The predicted molar refractivity (Wildman–Crippen MR) is 49.6 cm³/mol. The lowest BCUT2D eigenvalue weighted by atomic mass is 10.3. The maximum absolute atomic E-state index is 11.1. The summed E-state index contributed by atoms with van der Waals surface area (Å²) in [6, 6.07) is 0. The number of carbonyl (C=O) groups excluding carboxylic acids is 1. The van der Waals surface area contributed by atoms with Gasteiger partial charge in [0.1, 0.15) is 12.2 Å². The van der Waals surface area contributed by atoms with Crippen LogP contribution in [0.3, 0.4) is 0 Å². The Balaban J connectivity index is 2.16. The predicted octanol–water partition coefficient (Wildman–Crippen LogP) is 2.88. The third kappa shape index (κ3) is 3.66. The third-order valence-corrected chi connectivity index (χ3v) is 2.44. The zero-order chi connectivity index (χ0) is 9.68. The van der Waals surface area contributed by atoms with E-state index >= 15 is 0 Å². The van der Waals surface area contributed by atoms with E-state index in [2.05, 4.69) is 0 Å². The lowest BCUT2D eigenvalue weighted by Gasteiger charge is -2.14. The second kappa shape index (κ2) is 5.10. The van der Waals surface area contributed by atoms with Crippen molar-refractivity contribution in [2.24, 2.45) is 0 Å². The Morgan fingerprint density at radius 1 is 1.46 bits per heavy atom. The summed E-state index contributed by atoms with van der Waals surface area (Å²) < 4.78 is 10.1. The van der Waals surface area contributed by atoms with E-state index in [1.807, 2.05) is 13.8 Å². The van der Waals surface area contributed by atoms with Crippen molar-refractivity contribution in [3.05, 3.63) is 0 Å². The molecule has 1 saturated carbocycles. The van der Waals surface area contributed by atoms with Crippen LogP contribution in [0.4, 0.5) is 4.79 Å². The highest BCUT2D eigenvalue weighted by atomic mass is 16.7. The number of rotatable bonds is 3. The molecule has 1 fully saturated rings. The average Bonchev–Trinajstić information content (AvgIpc) is 2.56. The van der Waals surface area contributed by atoms with Gasteiger partial charge < -0.3 is 9.47 Å². The van der Waals surface area contributed by atoms with Crippen LogP contribution in [-0.4, -0.2) is 18.4 Å². The van der Waals surface area contributed by atoms with Crippen molar-refractivity contribution < 1.29 is 14.3 Å². The van der Waals surface area contributed by atoms with Gasteiger partial charge in [0.15, 0.2) is 0 Å². The van der Waals surface area contributed by atoms with Crippen molar-refractivity contribution in [3.63, 3.8) is 0 Å². The van der Waals surface area contributed by atoms with Crippen LogP contribution in [0.5, 0.6) is 0 Å². The molecule has 76 valence electrons. The van der Waals surface area contributed by atoms with Crippen LogP contribution in [0.15, 0.2) is 0 Å². The second-order valence-corrected chi connectivity index (χ2v) is 3.61. The van der Waals surface area contributed by atoms with Gasteiger partial charge in [0, 0.05) is 0 Å². The first kappa shape index (κ1) is 10.4. The molecule has 0 amide bonds. The van der Waals surface area contributed by atoms with Crippen LogP contribution < -0.4 is 0 Å². The topological polar surface area (TPSA) is 35.5 Å². The number of carbonyl (C=O) groups is 1. The number of hydrogen-bond acceptors (Lipinski definition) is 3. The zero-order valence-corrected chi connectivity index (χ0v) is 8.41. The molecule has 1 aliphatic rings. The Morgan fingerprint density at radius 2 is 2.08 bits per heavy atom. The van der Waals surface area contributed by atoms with Crippen LogP contribution in [0.2, 0.25) is 0 Å². The van der Waals surface area contributed by atoms with Crippen LogP contribution in [0.1, 0.15) is 46.0 Å². The van der Waals surface area contributed by atoms with Crippen LogP contribution in [0.25, 0.3) is 0 Å². The maximum atomic E-state index is 11.1. The molecular weight excluding hydrogens is 168 g/mol. The summed E-state index contributed by atoms with van der Waals surface area (Å²) in [5.74, 6) is 0. The SMILES string of the molecule is CC[C@H](C)OC(=O)OC1CCCC1. The Kier molecular flexibility index (Phi) is 4.06. The largest absolute Gasteiger partial charge is 0.508 e. The van der Waals surface area contributed by atoms with Gasteiger partial charge >= 0.3 is 6.16 Å². The van der Waals surface area contributed by atoms with Crippen molar-refractivity contribution in [1.82, 2.24) is 0 Å². The molecule has 0 N–H and O–H groups in total. The molecule has 0 aromatic heterocycles. The van der Waals surface area contributed by atoms with Crippen molar-refractivity contribution in [2.45, 2.75) is 58.2 Å². The van der Waals surface area contributed by atoms with Crippen molar-refractivity contribution in [3.8, 4) is 0 Å². The molecule has 3 nitrogen and oxygen atoms in total. The normalized spacial score (nSPS) is 19.8. The summed E-state index contributed by atoms with van der Waals surface area (Å²) >= 11 is 0. The van der Waals surface area contributed by atoms with E-state index in [-0.39, 0.29) is 12.2 Å². The molecule has 0 aliphatic heterocycles. The Labute approximate surface area is 79.4 Å². The van der Waals surface area contributed by atoms with E-state index < -0.39 is 6.16 Å². The Bertz CT molecular complexity index is 162. The maximum Gasteiger partial charge on any atom is 0.508 e. The van der Waals surface area contributed by atoms with Gasteiger partial charge in [-0.2, -0.15) is 0 Å². The first-order valence-corrected chi connectivity index (χ1v) is 5.09. The van der Waals surface area contributed by atoms with Gasteiger partial charge in [0.2, 0.25) is 0 Å². The molecule has 0 aromatic carbocycles.